The van der Waals surface area contributed by atoms with Crippen LogP contribution in [0, 0.1) is 6.92 Å². The van der Waals surface area contributed by atoms with Crippen LogP contribution in [0.4, 0.5) is 0 Å². The van der Waals surface area contributed by atoms with Crippen molar-refractivity contribution >= 4 is 0 Å². The van der Waals surface area contributed by atoms with E-state index >= 15 is 0 Å². The van der Waals surface area contributed by atoms with Crippen LogP contribution in [-0.4, -0.2) is 51.7 Å². The molecule has 0 aliphatic carbocycles. The van der Waals surface area contributed by atoms with Crippen molar-refractivity contribution in [3.05, 3.63) is 78.1 Å². The summed E-state index contributed by atoms with van der Waals surface area (Å²) in [6.45, 7) is 5.99. The summed E-state index contributed by atoms with van der Waals surface area (Å²) in [5.41, 5.74) is 1.50. The van der Waals surface area contributed by atoms with Crippen LogP contribution in [0.15, 0.2) is 67.0 Å². The molecular formula is C25H31N3O3. The van der Waals surface area contributed by atoms with Crippen LogP contribution < -0.4 is 9.47 Å². The van der Waals surface area contributed by atoms with Gasteiger partial charge in [-0.2, -0.15) is 5.10 Å². The normalized spacial score (nSPS) is 19.3. The molecule has 1 aliphatic rings. The molecule has 0 spiro atoms. The van der Waals surface area contributed by atoms with E-state index in [1.54, 1.807) is 0 Å². The monoisotopic (exact) mass is 421 g/mol. The maximum atomic E-state index is 11.1. The van der Waals surface area contributed by atoms with Crippen molar-refractivity contribution in [2.45, 2.75) is 38.5 Å². The second kappa shape index (κ2) is 9.98. The molecule has 1 N–H and O–H groups in total. The molecule has 0 radical (unpaired) electrons. The molecule has 1 saturated heterocycles. The number of ether oxygens (including phenoxy) is 2. The molecule has 1 aliphatic heterocycles. The molecule has 2 heterocycles. The first-order valence-corrected chi connectivity index (χ1v) is 10.9. The minimum atomic E-state index is -0.829. The molecule has 1 aromatic heterocycles. The Morgan fingerprint density at radius 1 is 1.06 bits per heavy atom. The summed E-state index contributed by atoms with van der Waals surface area (Å²) < 4.78 is 13.7. The zero-order valence-electron chi connectivity index (χ0n) is 18.1. The Kier molecular flexibility index (Phi) is 6.89. The smallest absolute Gasteiger partial charge is 0.119 e. The Morgan fingerprint density at radius 3 is 2.71 bits per heavy atom. The second-order valence-electron chi connectivity index (χ2n) is 8.42. The fraction of sp³-hybridized carbons (Fsp3) is 0.400. The van der Waals surface area contributed by atoms with E-state index in [0.29, 0.717) is 19.8 Å². The van der Waals surface area contributed by atoms with E-state index in [9.17, 15) is 5.11 Å². The van der Waals surface area contributed by atoms with Crippen molar-refractivity contribution in [2.75, 3.05) is 26.3 Å². The van der Waals surface area contributed by atoms with Gasteiger partial charge >= 0.3 is 0 Å². The fourth-order valence-corrected chi connectivity index (χ4v) is 4.03. The predicted molar refractivity (Wildman–Crippen MR) is 120 cm³/mol. The average Bonchev–Trinajstić information content (AvgIpc) is 3.18. The van der Waals surface area contributed by atoms with Crippen molar-refractivity contribution < 1.29 is 14.6 Å². The van der Waals surface area contributed by atoms with Gasteiger partial charge in [0.25, 0.3) is 0 Å². The van der Waals surface area contributed by atoms with E-state index in [-0.39, 0.29) is 0 Å². The molecule has 31 heavy (non-hydrogen) atoms. The third kappa shape index (κ3) is 6.32. The number of aliphatic hydroxyl groups is 1. The number of likely N-dealkylation sites (tertiary alicyclic amines) is 1. The largest absolute Gasteiger partial charge is 0.492 e. The topological polar surface area (TPSA) is 59.8 Å². The molecule has 1 atom stereocenters. The van der Waals surface area contributed by atoms with Crippen LogP contribution >= 0.6 is 0 Å². The maximum absolute atomic E-state index is 11.1. The van der Waals surface area contributed by atoms with Gasteiger partial charge < -0.3 is 14.6 Å². The van der Waals surface area contributed by atoms with Crippen LogP contribution in [0.5, 0.6) is 11.5 Å². The van der Waals surface area contributed by atoms with Crippen molar-refractivity contribution in [2.24, 2.45) is 0 Å². The number of rotatable bonds is 9. The van der Waals surface area contributed by atoms with Gasteiger partial charge in [0.1, 0.15) is 30.3 Å². The molecule has 164 valence electrons. The molecule has 0 amide bonds. The molecule has 6 heteroatoms. The van der Waals surface area contributed by atoms with Crippen molar-refractivity contribution in [3.63, 3.8) is 0 Å². The fourth-order valence-electron chi connectivity index (χ4n) is 4.03. The Balaban J connectivity index is 1.28. The molecule has 0 saturated carbocycles. The van der Waals surface area contributed by atoms with E-state index in [1.807, 2.05) is 66.5 Å². The van der Waals surface area contributed by atoms with Gasteiger partial charge in [-0.15, -0.1) is 0 Å². The standard InChI is InChI=1S/C25H31N3O3/c1-21-16-26-28(17-21)13-14-30-24-10-5-7-22(15-24)18-27-12-6-11-25(29,19-27)20-31-23-8-3-2-4-9-23/h2-5,7-10,15-17,29H,6,11-14,18-20H2,1H3. The van der Waals surface area contributed by atoms with Gasteiger partial charge in [0, 0.05) is 19.3 Å². The van der Waals surface area contributed by atoms with Crippen molar-refractivity contribution in [1.82, 2.24) is 14.7 Å². The van der Waals surface area contributed by atoms with Crippen LogP contribution in [0.3, 0.4) is 0 Å². The zero-order chi connectivity index (χ0) is 21.5. The minimum Gasteiger partial charge on any atom is -0.492 e. The van der Waals surface area contributed by atoms with Gasteiger partial charge in [-0.25, -0.2) is 0 Å². The lowest BCUT2D eigenvalue weighted by molar-refractivity contribution is -0.0621. The molecule has 4 rings (SSSR count). The van der Waals surface area contributed by atoms with Crippen molar-refractivity contribution in [1.29, 1.82) is 0 Å². The van der Waals surface area contributed by atoms with E-state index in [2.05, 4.69) is 22.1 Å². The molecule has 0 bridgehead atoms. The first kappa shape index (κ1) is 21.4. The van der Waals surface area contributed by atoms with E-state index in [0.717, 1.165) is 49.5 Å². The number of hydrogen-bond acceptors (Lipinski definition) is 5. The number of para-hydroxylation sites is 1. The number of aryl methyl sites for hydroxylation is 1. The van der Waals surface area contributed by atoms with E-state index < -0.39 is 5.60 Å². The van der Waals surface area contributed by atoms with Gasteiger partial charge in [-0.05, 0) is 61.7 Å². The third-order valence-electron chi connectivity index (χ3n) is 5.54. The predicted octanol–water partition coefficient (Wildman–Crippen LogP) is 3.68. The minimum absolute atomic E-state index is 0.309. The highest BCUT2D eigenvalue weighted by Gasteiger charge is 2.34. The van der Waals surface area contributed by atoms with Crippen molar-refractivity contribution in [3.8, 4) is 11.5 Å². The number of piperidine rings is 1. The number of hydrogen-bond donors (Lipinski definition) is 1. The van der Waals surface area contributed by atoms with E-state index in [1.165, 1.54) is 5.56 Å². The summed E-state index contributed by atoms with van der Waals surface area (Å²) >= 11 is 0. The number of benzene rings is 2. The van der Waals surface area contributed by atoms with Gasteiger partial charge in [0.05, 0.1) is 12.7 Å². The molecule has 1 fully saturated rings. The van der Waals surface area contributed by atoms with Crippen LogP contribution in [0.1, 0.15) is 24.0 Å². The highest BCUT2D eigenvalue weighted by molar-refractivity contribution is 5.28. The maximum Gasteiger partial charge on any atom is 0.119 e. The Morgan fingerprint density at radius 2 is 1.90 bits per heavy atom. The van der Waals surface area contributed by atoms with Gasteiger partial charge in [0.15, 0.2) is 0 Å². The van der Waals surface area contributed by atoms with E-state index in [4.69, 9.17) is 9.47 Å². The zero-order valence-corrected chi connectivity index (χ0v) is 18.1. The molecule has 2 aromatic carbocycles. The molecule has 6 nitrogen and oxygen atoms in total. The third-order valence-corrected chi connectivity index (χ3v) is 5.54. The lowest BCUT2D eigenvalue weighted by Gasteiger charge is -2.39. The Bertz CT molecular complexity index is 959. The van der Waals surface area contributed by atoms with Gasteiger partial charge in [-0.1, -0.05) is 30.3 Å². The first-order chi connectivity index (χ1) is 15.1. The Labute approximate surface area is 184 Å². The highest BCUT2D eigenvalue weighted by atomic mass is 16.5. The summed E-state index contributed by atoms with van der Waals surface area (Å²) in [5, 5.41) is 15.3. The average molecular weight is 422 g/mol. The summed E-state index contributed by atoms with van der Waals surface area (Å²) in [6, 6.07) is 17.9. The summed E-state index contributed by atoms with van der Waals surface area (Å²) in [4.78, 5) is 2.30. The quantitative estimate of drug-likeness (QED) is 0.571. The summed E-state index contributed by atoms with van der Waals surface area (Å²) in [6.07, 6.45) is 5.57. The molecular weight excluding hydrogens is 390 g/mol. The lowest BCUT2D eigenvalue weighted by atomic mass is 9.93. The summed E-state index contributed by atoms with van der Waals surface area (Å²) in [5.74, 6) is 1.66. The second-order valence-corrected chi connectivity index (χ2v) is 8.42. The lowest BCUT2D eigenvalue weighted by Crippen LogP contribution is -2.51. The number of nitrogens with zero attached hydrogens (tertiary/aromatic N) is 3. The summed E-state index contributed by atoms with van der Waals surface area (Å²) in [7, 11) is 0. The molecule has 3 aromatic rings. The first-order valence-electron chi connectivity index (χ1n) is 10.9. The van der Waals surface area contributed by atoms with Crippen LogP contribution in [-0.2, 0) is 13.1 Å². The van der Waals surface area contributed by atoms with Crippen LogP contribution in [0.2, 0.25) is 0 Å². The number of β-amino-alcohol motifs (C(OH)–C–C–N with tert-alkyl or cyclic N) is 1. The highest BCUT2D eigenvalue weighted by Crippen LogP contribution is 2.25. The van der Waals surface area contributed by atoms with Crippen LogP contribution in [0.25, 0.3) is 0 Å². The number of aromatic nitrogens is 2. The van der Waals surface area contributed by atoms with Gasteiger partial charge in [-0.3, -0.25) is 9.58 Å². The molecule has 1 unspecified atom stereocenters. The van der Waals surface area contributed by atoms with Gasteiger partial charge in [0.2, 0.25) is 0 Å². The Hall–Kier alpha value is -2.83. The SMILES string of the molecule is Cc1cnn(CCOc2cccc(CN3CCCC(O)(COc4ccccc4)C3)c2)c1.